The Bertz CT molecular complexity index is 1050. The molecule has 1 aliphatic heterocycles. The third-order valence-corrected chi connectivity index (χ3v) is 6.05. The highest BCUT2D eigenvalue weighted by Crippen LogP contribution is 2.34. The first-order chi connectivity index (χ1) is 14.8. The highest BCUT2D eigenvalue weighted by Gasteiger charge is 2.38. The normalized spacial score (nSPS) is 17.0. The number of rotatable bonds is 7. The zero-order valence-electron chi connectivity index (χ0n) is 19.1. The van der Waals surface area contributed by atoms with Crippen molar-refractivity contribution < 1.29 is 9.53 Å². The fraction of sp³-hybridized carbons (Fsp3) is 0.462. The van der Waals surface area contributed by atoms with Crippen molar-refractivity contribution >= 4 is 16.9 Å². The van der Waals surface area contributed by atoms with Gasteiger partial charge in [0.2, 0.25) is 5.91 Å². The lowest BCUT2D eigenvalue weighted by atomic mass is 10.1. The van der Waals surface area contributed by atoms with E-state index in [9.17, 15) is 4.79 Å². The SMILES string of the molecule is Cc1ccc(OCCCCn2c(C3CC(=O)N(C(C)(C)C)C3)nc3ccccc32)cc1. The number of hydrogen-bond donors (Lipinski definition) is 0. The average molecular weight is 420 g/mol. The molecule has 1 amide bonds. The lowest BCUT2D eigenvalue weighted by Gasteiger charge is -2.32. The molecule has 0 radical (unpaired) electrons. The number of carbonyl (C=O) groups is 1. The summed E-state index contributed by atoms with van der Waals surface area (Å²) in [7, 11) is 0. The minimum absolute atomic E-state index is 0.142. The summed E-state index contributed by atoms with van der Waals surface area (Å²) in [5, 5.41) is 0. The topological polar surface area (TPSA) is 47.4 Å². The number of imidazole rings is 1. The van der Waals surface area contributed by atoms with Crippen molar-refractivity contribution in [1.82, 2.24) is 14.5 Å². The van der Waals surface area contributed by atoms with Crippen LogP contribution in [0.2, 0.25) is 0 Å². The number of benzene rings is 2. The predicted molar refractivity (Wildman–Crippen MR) is 124 cm³/mol. The highest BCUT2D eigenvalue weighted by molar-refractivity contribution is 5.81. The molecule has 2 heterocycles. The molecule has 0 N–H and O–H groups in total. The predicted octanol–water partition coefficient (Wildman–Crippen LogP) is 5.32. The maximum absolute atomic E-state index is 12.7. The largest absolute Gasteiger partial charge is 0.494 e. The van der Waals surface area contributed by atoms with Gasteiger partial charge in [-0.25, -0.2) is 4.98 Å². The molecule has 0 spiro atoms. The van der Waals surface area contributed by atoms with E-state index in [-0.39, 0.29) is 17.4 Å². The monoisotopic (exact) mass is 419 g/mol. The average Bonchev–Trinajstić information content (AvgIpc) is 3.30. The Balaban J connectivity index is 1.44. The van der Waals surface area contributed by atoms with Crippen molar-refractivity contribution in [2.75, 3.05) is 13.2 Å². The molecule has 1 aromatic heterocycles. The van der Waals surface area contributed by atoms with E-state index in [1.165, 1.54) is 5.56 Å². The summed E-state index contributed by atoms with van der Waals surface area (Å²) in [4.78, 5) is 19.6. The first kappa shape index (κ1) is 21.4. The molecule has 5 nitrogen and oxygen atoms in total. The molecule has 0 bridgehead atoms. The van der Waals surface area contributed by atoms with Gasteiger partial charge in [-0.05, 0) is 64.8 Å². The fourth-order valence-corrected chi connectivity index (χ4v) is 4.37. The molecule has 3 aromatic rings. The molecule has 1 saturated heterocycles. The summed E-state index contributed by atoms with van der Waals surface area (Å²) < 4.78 is 8.21. The van der Waals surface area contributed by atoms with Gasteiger partial charge in [0.1, 0.15) is 11.6 Å². The first-order valence-corrected chi connectivity index (χ1v) is 11.3. The molecule has 5 heteroatoms. The third kappa shape index (κ3) is 4.76. The molecule has 0 aliphatic carbocycles. The Kier molecular flexibility index (Phi) is 6.03. The number of amides is 1. The zero-order chi connectivity index (χ0) is 22.0. The molecule has 164 valence electrons. The number of aryl methyl sites for hydroxylation is 2. The van der Waals surface area contributed by atoms with Gasteiger partial charge in [0.05, 0.1) is 17.6 Å². The maximum atomic E-state index is 12.7. The number of likely N-dealkylation sites (tertiary alicyclic amines) is 1. The van der Waals surface area contributed by atoms with Crippen molar-refractivity contribution in [3.05, 3.63) is 59.9 Å². The van der Waals surface area contributed by atoms with Crippen LogP contribution in [0.5, 0.6) is 5.75 Å². The van der Waals surface area contributed by atoms with Gasteiger partial charge in [-0.15, -0.1) is 0 Å². The smallest absolute Gasteiger partial charge is 0.223 e. The van der Waals surface area contributed by atoms with E-state index in [1.807, 2.05) is 23.1 Å². The van der Waals surface area contributed by atoms with Crippen LogP contribution in [0.1, 0.15) is 57.3 Å². The van der Waals surface area contributed by atoms with Crippen molar-refractivity contribution in [3.63, 3.8) is 0 Å². The van der Waals surface area contributed by atoms with Gasteiger partial charge in [0.15, 0.2) is 0 Å². The Morgan fingerprint density at radius 1 is 1.06 bits per heavy atom. The van der Waals surface area contributed by atoms with Crippen molar-refractivity contribution in [2.45, 2.75) is 65.0 Å². The van der Waals surface area contributed by atoms with E-state index in [0.29, 0.717) is 13.0 Å². The number of ether oxygens (including phenoxy) is 1. The second-order valence-electron chi connectivity index (χ2n) is 9.56. The Hall–Kier alpha value is -2.82. The van der Waals surface area contributed by atoms with Gasteiger partial charge >= 0.3 is 0 Å². The van der Waals surface area contributed by atoms with Crippen LogP contribution in [0.15, 0.2) is 48.5 Å². The molecule has 1 unspecified atom stereocenters. The van der Waals surface area contributed by atoms with Gasteiger partial charge < -0.3 is 14.2 Å². The Labute approximate surface area is 185 Å². The molecular weight excluding hydrogens is 386 g/mol. The van der Waals surface area contributed by atoms with Gasteiger partial charge in [-0.2, -0.15) is 0 Å². The lowest BCUT2D eigenvalue weighted by molar-refractivity contribution is -0.131. The van der Waals surface area contributed by atoms with E-state index in [2.05, 4.69) is 62.6 Å². The number of para-hydroxylation sites is 2. The van der Waals surface area contributed by atoms with Crippen molar-refractivity contribution in [3.8, 4) is 5.75 Å². The lowest BCUT2D eigenvalue weighted by Crippen LogP contribution is -2.42. The molecule has 31 heavy (non-hydrogen) atoms. The van der Waals surface area contributed by atoms with Gasteiger partial charge in [-0.1, -0.05) is 29.8 Å². The molecule has 1 aliphatic rings. The molecule has 4 rings (SSSR count). The van der Waals surface area contributed by atoms with Gasteiger partial charge in [0.25, 0.3) is 0 Å². The van der Waals surface area contributed by atoms with Crippen LogP contribution in [0, 0.1) is 6.92 Å². The molecular formula is C26H33N3O2. The van der Waals surface area contributed by atoms with E-state index >= 15 is 0 Å². The second-order valence-corrected chi connectivity index (χ2v) is 9.56. The molecule has 2 aromatic carbocycles. The maximum Gasteiger partial charge on any atom is 0.223 e. The number of aromatic nitrogens is 2. The van der Waals surface area contributed by atoms with Crippen LogP contribution in [-0.4, -0.2) is 39.0 Å². The van der Waals surface area contributed by atoms with Crippen LogP contribution in [0.3, 0.4) is 0 Å². The van der Waals surface area contributed by atoms with Crippen LogP contribution in [0.4, 0.5) is 0 Å². The summed E-state index contributed by atoms with van der Waals surface area (Å²) in [5.41, 5.74) is 3.24. The molecule has 0 saturated carbocycles. The number of fused-ring (bicyclic) bond motifs is 1. The summed E-state index contributed by atoms with van der Waals surface area (Å²) in [6, 6.07) is 16.5. The molecule has 1 fully saturated rings. The Morgan fingerprint density at radius 2 is 1.81 bits per heavy atom. The first-order valence-electron chi connectivity index (χ1n) is 11.3. The molecule has 1 atom stereocenters. The van der Waals surface area contributed by atoms with Crippen LogP contribution >= 0.6 is 0 Å². The fourth-order valence-electron chi connectivity index (χ4n) is 4.37. The van der Waals surface area contributed by atoms with Crippen LogP contribution in [-0.2, 0) is 11.3 Å². The quantitative estimate of drug-likeness (QED) is 0.487. The summed E-state index contributed by atoms with van der Waals surface area (Å²) in [6.45, 7) is 10.7. The minimum Gasteiger partial charge on any atom is -0.494 e. The Morgan fingerprint density at radius 3 is 2.52 bits per heavy atom. The summed E-state index contributed by atoms with van der Waals surface area (Å²) in [5.74, 6) is 2.33. The number of carbonyl (C=O) groups excluding carboxylic acids is 1. The number of nitrogens with zero attached hydrogens (tertiary/aromatic N) is 3. The minimum atomic E-state index is -0.157. The highest BCUT2D eigenvalue weighted by atomic mass is 16.5. The summed E-state index contributed by atoms with van der Waals surface area (Å²) in [6.07, 6.45) is 2.51. The standard InChI is InChI=1S/C26H33N3O2/c1-19-11-13-21(14-12-19)31-16-8-7-15-28-23-10-6-5-9-22(23)27-25(28)20-17-24(30)29(18-20)26(2,3)4/h5-6,9-14,20H,7-8,15-18H2,1-4H3. The number of hydrogen-bond acceptors (Lipinski definition) is 3. The van der Waals surface area contributed by atoms with Crippen LogP contribution < -0.4 is 4.74 Å². The van der Waals surface area contributed by atoms with Gasteiger partial charge in [0, 0.05) is 31.0 Å². The van der Waals surface area contributed by atoms with E-state index < -0.39 is 0 Å². The zero-order valence-corrected chi connectivity index (χ0v) is 19.1. The van der Waals surface area contributed by atoms with E-state index in [1.54, 1.807) is 0 Å². The van der Waals surface area contributed by atoms with Crippen molar-refractivity contribution in [2.24, 2.45) is 0 Å². The van der Waals surface area contributed by atoms with Crippen LogP contribution in [0.25, 0.3) is 11.0 Å². The second kappa shape index (κ2) is 8.74. The van der Waals surface area contributed by atoms with Gasteiger partial charge in [-0.3, -0.25) is 4.79 Å². The number of unbranched alkanes of at least 4 members (excludes halogenated alkanes) is 1. The summed E-state index contributed by atoms with van der Waals surface area (Å²) >= 11 is 0. The van der Waals surface area contributed by atoms with Crippen molar-refractivity contribution in [1.29, 1.82) is 0 Å². The third-order valence-electron chi connectivity index (χ3n) is 6.05. The van der Waals surface area contributed by atoms with E-state index in [0.717, 1.165) is 48.5 Å². The van der Waals surface area contributed by atoms with E-state index in [4.69, 9.17) is 9.72 Å².